The van der Waals surface area contributed by atoms with Crippen LogP contribution in [0.1, 0.15) is 37.0 Å². The molecule has 10 heteroatoms. The predicted molar refractivity (Wildman–Crippen MR) is 138 cm³/mol. The number of benzene rings is 2. The van der Waals surface area contributed by atoms with Crippen LogP contribution in [0.5, 0.6) is 0 Å². The van der Waals surface area contributed by atoms with Crippen molar-refractivity contribution >= 4 is 50.7 Å². The minimum Gasteiger partial charge on any atom is -0.354 e. The molecule has 0 aliphatic carbocycles. The zero-order chi connectivity index (χ0) is 25.6. The van der Waals surface area contributed by atoms with E-state index < -0.39 is 28.5 Å². The van der Waals surface area contributed by atoms with E-state index in [1.807, 2.05) is 19.9 Å². The zero-order valence-corrected chi connectivity index (χ0v) is 22.4. The van der Waals surface area contributed by atoms with Crippen LogP contribution in [0.4, 0.5) is 5.69 Å². The third kappa shape index (κ3) is 7.10. The molecule has 186 valence electrons. The molecule has 7 nitrogen and oxygen atoms in total. The molecule has 34 heavy (non-hydrogen) atoms. The predicted octanol–water partition coefficient (Wildman–Crippen LogP) is 4.32. The number of hydrogen-bond donors (Lipinski definition) is 1. The summed E-state index contributed by atoms with van der Waals surface area (Å²) >= 11 is 12.3. The Labute approximate surface area is 212 Å². The third-order valence-electron chi connectivity index (χ3n) is 5.60. The molecule has 0 radical (unpaired) electrons. The second-order valence-corrected chi connectivity index (χ2v) is 11.0. The van der Waals surface area contributed by atoms with Gasteiger partial charge in [-0.1, -0.05) is 48.3 Å². The molecule has 2 amide bonds. The molecule has 0 heterocycles. The summed E-state index contributed by atoms with van der Waals surface area (Å²) < 4.78 is 26.5. The van der Waals surface area contributed by atoms with Crippen molar-refractivity contribution in [1.82, 2.24) is 10.2 Å². The number of sulfonamides is 1. The number of aryl methyl sites for hydroxylation is 1. The lowest BCUT2D eigenvalue weighted by Gasteiger charge is -2.32. The number of carbonyl (C=O) groups excluding carboxylic acids is 2. The Morgan fingerprint density at radius 3 is 2.38 bits per heavy atom. The summed E-state index contributed by atoms with van der Waals surface area (Å²) in [6, 6.07) is 9.30. The standard InChI is InChI=1S/C24H31Cl2N3O4S/c1-6-12-27-24(31)18(4)28(14-19-10-11-20(25)13-21(19)26)23(30)15-29(34(5,32)33)22-9-7-8-16(2)17(22)3/h7-11,13,18H,6,12,14-15H2,1-5H3,(H,27,31)/t18-/m1/s1. The molecule has 0 aliphatic heterocycles. The van der Waals surface area contributed by atoms with Gasteiger partial charge in [-0.05, 0) is 62.1 Å². The van der Waals surface area contributed by atoms with E-state index in [1.54, 1.807) is 44.2 Å². The van der Waals surface area contributed by atoms with Crippen LogP contribution in [0.2, 0.25) is 10.0 Å². The fraction of sp³-hybridized carbons (Fsp3) is 0.417. The molecular weight excluding hydrogens is 497 g/mol. The maximum absolute atomic E-state index is 13.5. The Bertz CT molecular complexity index is 1150. The summed E-state index contributed by atoms with van der Waals surface area (Å²) in [5.41, 5.74) is 2.66. The minimum absolute atomic E-state index is 0.0138. The largest absolute Gasteiger partial charge is 0.354 e. The van der Waals surface area contributed by atoms with Gasteiger partial charge in [-0.2, -0.15) is 0 Å². The highest BCUT2D eigenvalue weighted by Crippen LogP contribution is 2.26. The first kappa shape index (κ1) is 28.0. The molecule has 0 bridgehead atoms. The van der Waals surface area contributed by atoms with Gasteiger partial charge in [0, 0.05) is 23.1 Å². The van der Waals surface area contributed by atoms with E-state index in [9.17, 15) is 18.0 Å². The van der Waals surface area contributed by atoms with Crippen molar-refractivity contribution < 1.29 is 18.0 Å². The van der Waals surface area contributed by atoms with Crippen LogP contribution in [-0.2, 0) is 26.2 Å². The molecule has 0 saturated heterocycles. The van der Waals surface area contributed by atoms with Crippen molar-refractivity contribution in [2.24, 2.45) is 0 Å². The van der Waals surface area contributed by atoms with Crippen LogP contribution in [0.15, 0.2) is 36.4 Å². The SMILES string of the molecule is CCCNC(=O)[C@@H](C)N(Cc1ccc(Cl)cc1Cl)C(=O)CN(c1cccc(C)c1C)S(C)(=O)=O. The van der Waals surface area contributed by atoms with Crippen molar-refractivity contribution in [1.29, 1.82) is 0 Å². The summed E-state index contributed by atoms with van der Waals surface area (Å²) in [6.45, 7) is 7.23. The molecule has 2 aromatic carbocycles. The normalized spacial score (nSPS) is 12.2. The van der Waals surface area contributed by atoms with Gasteiger partial charge in [-0.15, -0.1) is 0 Å². The van der Waals surface area contributed by atoms with E-state index >= 15 is 0 Å². The Morgan fingerprint density at radius 1 is 1.12 bits per heavy atom. The second-order valence-electron chi connectivity index (χ2n) is 8.21. The lowest BCUT2D eigenvalue weighted by molar-refractivity contribution is -0.139. The van der Waals surface area contributed by atoms with Gasteiger partial charge in [0.25, 0.3) is 0 Å². The molecule has 0 aromatic heterocycles. The lowest BCUT2D eigenvalue weighted by Crippen LogP contribution is -2.51. The molecule has 0 saturated carbocycles. The molecule has 1 N–H and O–H groups in total. The van der Waals surface area contributed by atoms with Gasteiger partial charge in [0.15, 0.2) is 0 Å². The zero-order valence-electron chi connectivity index (χ0n) is 20.1. The first-order valence-corrected chi connectivity index (χ1v) is 13.5. The molecular formula is C24H31Cl2N3O4S. The first-order chi connectivity index (χ1) is 15.9. The summed E-state index contributed by atoms with van der Waals surface area (Å²) in [4.78, 5) is 27.6. The van der Waals surface area contributed by atoms with Crippen LogP contribution in [0, 0.1) is 13.8 Å². The van der Waals surface area contributed by atoms with Crippen LogP contribution >= 0.6 is 23.2 Å². The average molecular weight is 529 g/mol. The maximum atomic E-state index is 13.5. The Morgan fingerprint density at radius 2 is 1.79 bits per heavy atom. The second kappa shape index (κ2) is 11.9. The van der Waals surface area contributed by atoms with Crippen molar-refractivity contribution in [2.75, 3.05) is 23.7 Å². The van der Waals surface area contributed by atoms with E-state index in [-0.39, 0.29) is 12.5 Å². The van der Waals surface area contributed by atoms with E-state index in [4.69, 9.17) is 23.2 Å². The van der Waals surface area contributed by atoms with Gasteiger partial charge in [0.05, 0.1) is 11.9 Å². The molecule has 2 aromatic rings. The van der Waals surface area contributed by atoms with Crippen molar-refractivity contribution in [3.05, 3.63) is 63.1 Å². The molecule has 0 aliphatic rings. The summed E-state index contributed by atoms with van der Waals surface area (Å²) in [7, 11) is -3.79. The van der Waals surface area contributed by atoms with E-state index in [2.05, 4.69) is 5.32 Å². The number of anilines is 1. The highest BCUT2D eigenvalue weighted by atomic mass is 35.5. The van der Waals surface area contributed by atoms with Crippen molar-refractivity contribution in [3.63, 3.8) is 0 Å². The summed E-state index contributed by atoms with van der Waals surface area (Å²) in [6.07, 6.45) is 1.80. The van der Waals surface area contributed by atoms with E-state index in [1.165, 1.54) is 4.90 Å². The van der Waals surface area contributed by atoms with Crippen LogP contribution in [0.25, 0.3) is 0 Å². The van der Waals surface area contributed by atoms with Gasteiger partial charge >= 0.3 is 0 Å². The molecule has 2 rings (SSSR count). The third-order valence-corrected chi connectivity index (χ3v) is 7.31. The number of nitrogens with zero attached hydrogens (tertiary/aromatic N) is 2. The molecule has 0 unspecified atom stereocenters. The first-order valence-electron chi connectivity index (χ1n) is 10.9. The highest BCUT2D eigenvalue weighted by molar-refractivity contribution is 7.92. The van der Waals surface area contributed by atoms with Gasteiger partial charge in [0.2, 0.25) is 21.8 Å². The minimum atomic E-state index is -3.79. The van der Waals surface area contributed by atoms with Gasteiger partial charge in [-0.3, -0.25) is 13.9 Å². The Balaban J connectivity index is 2.45. The molecule has 0 fully saturated rings. The number of amides is 2. The quantitative estimate of drug-likeness (QED) is 0.498. The van der Waals surface area contributed by atoms with Gasteiger partial charge in [-0.25, -0.2) is 8.42 Å². The molecule has 0 spiro atoms. The Hall–Kier alpha value is -2.29. The monoisotopic (exact) mass is 527 g/mol. The summed E-state index contributed by atoms with van der Waals surface area (Å²) in [5.74, 6) is -0.866. The average Bonchev–Trinajstić information content (AvgIpc) is 2.76. The lowest BCUT2D eigenvalue weighted by atomic mass is 10.1. The summed E-state index contributed by atoms with van der Waals surface area (Å²) in [5, 5.41) is 3.58. The van der Waals surface area contributed by atoms with Crippen LogP contribution in [0.3, 0.4) is 0 Å². The maximum Gasteiger partial charge on any atom is 0.244 e. The van der Waals surface area contributed by atoms with E-state index in [0.29, 0.717) is 27.8 Å². The van der Waals surface area contributed by atoms with Gasteiger partial charge in [0.1, 0.15) is 12.6 Å². The smallest absolute Gasteiger partial charge is 0.244 e. The highest BCUT2D eigenvalue weighted by Gasteiger charge is 2.31. The van der Waals surface area contributed by atoms with E-state index in [0.717, 1.165) is 28.1 Å². The van der Waals surface area contributed by atoms with Crippen LogP contribution < -0.4 is 9.62 Å². The Kier molecular flexibility index (Phi) is 9.79. The van der Waals surface area contributed by atoms with Gasteiger partial charge < -0.3 is 10.2 Å². The number of rotatable bonds is 10. The number of halogens is 2. The number of hydrogen-bond acceptors (Lipinski definition) is 4. The van der Waals surface area contributed by atoms with Crippen molar-refractivity contribution in [3.8, 4) is 0 Å². The number of carbonyl (C=O) groups is 2. The fourth-order valence-corrected chi connectivity index (χ4v) is 4.78. The van der Waals surface area contributed by atoms with Crippen molar-refractivity contribution in [2.45, 2.75) is 46.7 Å². The van der Waals surface area contributed by atoms with Crippen LogP contribution in [-0.4, -0.2) is 50.5 Å². The topological polar surface area (TPSA) is 86.8 Å². The fourth-order valence-electron chi connectivity index (χ4n) is 3.41. The molecule has 1 atom stereocenters. The number of nitrogens with one attached hydrogen (secondary N) is 1.